The van der Waals surface area contributed by atoms with Crippen molar-refractivity contribution in [1.82, 2.24) is 0 Å². The first-order chi connectivity index (χ1) is 9.60. The number of hydrogen-bond donors (Lipinski definition) is 1. The molecule has 7 heteroatoms. The molecule has 1 amide bonds. The van der Waals surface area contributed by atoms with Gasteiger partial charge in [-0.1, -0.05) is 0 Å². The van der Waals surface area contributed by atoms with E-state index < -0.39 is 11.6 Å². The molecule has 1 heterocycles. The molecule has 3 nitrogen and oxygen atoms in total. The number of nitrogens with one attached hydrogen (secondary N) is 1. The molecule has 20 heavy (non-hydrogen) atoms. The van der Waals surface area contributed by atoms with Gasteiger partial charge in [0.2, 0.25) is 5.91 Å². The fraction of sp³-hybridized carbons (Fsp3) is 0.0769. The predicted octanol–water partition coefficient (Wildman–Crippen LogP) is 3.63. The lowest BCUT2D eigenvalue weighted by Gasteiger charge is -2.04. The first-order valence-electron chi connectivity index (χ1n) is 5.45. The highest BCUT2D eigenvalue weighted by Crippen LogP contribution is 2.25. The van der Waals surface area contributed by atoms with E-state index in [-0.39, 0.29) is 16.6 Å². The zero-order valence-corrected chi connectivity index (χ0v) is 11.7. The van der Waals surface area contributed by atoms with Gasteiger partial charge >= 0.3 is 0 Å². The second-order valence-corrected chi connectivity index (χ2v) is 5.62. The van der Waals surface area contributed by atoms with Gasteiger partial charge in [-0.05, 0) is 23.6 Å². The number of carbonyl (C=O) groups excluding carboxylic acids is 1. The first-order valence-corrected chi connectivity index (χ1v) is 7.32. The van der Waals surface area contributed by atoms with Gasteiger partial charge in [-0.2, -0.15) is 5.26 Å². The number of nitriles is 1. The maximum Gasteiger partial charge on any atom is 0.235 e. The van der Waals surface area contributed by atoms with E-state index in [2.05, 4.69) is 5.32 Å². The summed E-state index contributed by atoms with van der Waals surface area (Å²) in [5.41, 5.74) is 0.390. The summed E-state index contributed by atoms with van der Waals surface area (Å²) >= 11 is 2.21. The zero-order chi connectivity index (χ0) is 14.5. The molecule has 0 saturated heterocycles. The Kier molecular flexibility index (Phi) is 4.71. The Morgan fingerprint density at radius 2 is 2.20 bits per heavy atom. The maximum atomic E-state index is 13.4. The van der Waals surface area contributed by atoms with Crippen molar-refractivity contribution in [3.05, 3.63) is 46.8 Å². The minimum absolute atomic E-state index is 0.0225. The minimum atomic E-state index is -0.698. The highest BCUT2D eigenvalue weighted by atomic mass is 32.2. The first kappa shape index (κ1) is 14.5. The molecular weight excluding hydrogens is 302 g/mol. The fourth-order valence-electron chi connectivity index (χ4n) is 1.39. The van der Waals surface area contributed by atoms with Crippen molar-refractivity contribution in [1.29, 1.82) is 5.26 Å². The monoisotopic (exact) mass is 310 g/mol. The Labute approximate surface area is 122 Å². The second kappa shape index (κ2) is 6.50. The van der Waals surface area contributed by atoms with E-state index in [0.29, 0.717) is 10.6 Å². The number of carbonyl (C=O) groups is 1. The highest BCUT2D eigenvalue weighted by molar-refractivity contribution is 8.00. The van der Waals surface area contributed by atoms with Crippen LogP contribution >= 0.6 is 23.1 Å². The molecule has 0 aliphatic carbocycles. The van der Waals surface area contributed by atoms with Crippen molar-refractivity contribution in [2.75, 3.05) is 11.1 Å². The Morgan fingerprint density at radius 1 is 1.40 bits per heavy atom. The number of hydrogen-bond acceptors (Lipinski definition) is 4. The summed E-state index contributed by atoms with van der Waals surface area (Å²) in [6.07, 6.45) is 0. The van der Waals surface area contributed by atoms with Crippen molar-refractivity contribution >= 4 is 34.0 Å². The van der Waals surface area contributed by atoms with Crippen LogP contribution in [0.15, 0.2) is 34.5 Å². The van der Waals surface area contributed by atoms with Crippen LogP contribution in [0.4, 0.5) is 13.8 Å². The Hall–Kier alpha value is -1.91. The SMILES string of the molecule is N#Cc1ccsc1NC(=O)CSc1ccc(F)cc1F. The van der Waals surface area contributed by atoms with Crippen LogP contribution in [-0.4, -0.2) is 11.7 Å². The normalized spacial score (nSPS) is 10.1. The molecule has 1 aromatic heterocycles. The van der Waals surface area contributed by atoms with E-state index in [1.54, 1.807) is 11.4 Å². The summed E-state index contributed by atoms with van der Waals surface area (Å²) in [7, 11) is 0. The number of rotatable bonds is 4. The van der Waals surface area contributed by atoms with Gasteiger partial charge in [-0.25, -0.2) is 8.78 Å². The molecular formula is C13H8F2N2OS2. The van der Waals surface area contributed by atoms with Gasteiger partial charge in [0, 0.05) is 11.0 Å². The molecule has 0 radical (unpaired) electrons. The maximum absolute atomic E-state index is 13.4. The number of amides is 1. The number of halogens is 2. The molecule has 1 aromatic carbocycles. The lowest BCUT2D eigenvalue weighted by atomic mass is 10.3. The van der Waals surface area contributed by atoms with Crippen LogP contribution < -0.4 is 5.32 Å². The average molecular weight is 310 g/mol. The van der Waals surface area contributed by atoms with Crippen LogP contribution in [0.3, 0.4) is 0 Å². The summed E-state index contributed by atoms with van der Waals surface area (Å²) in [4.78, 5) is 11.9. The molecule has 0 fully saturated rings. The number of anilines is 1. The molecule has 0 unspecified atom stereocenters. The van der Waals surface area contributed by atoms with Gasteiger partial charge in [0.1, 0.15) is 22.7 Å². The molecule has 0 bridgehead atoms. The molecule has 0 aliphatic heterocycles. The van der Waals surface area contributed by atoms with Gasteiger partial charge in [-0.3, -0.25) is 4.79 Å². The third-order valence-corrected chi connectivity index (χ3v) is 4.17. The topological polar surface area (TPSA) is 52.9 Å². The van der Waals surface area contributed by atoms with E-state index in [4.69, 9.17) is 5.26 Å². The number of benzene rings is 1. The Morgan fingerprint density at radius 3 is 2.90 bits per heavy atom. The molecule has 102 valence electrons. The van der Waals surface area contributed by atoms with Gasteiger partial charge < -0.3 is 5.32 Å². The highest BCUT2D eigenvalue weighted by Gasteiger charge is 2.10. The van der Waals surface area contributed by atoms with Crippen LogP contribution in [-0.2, 0) is 4.79 Å². The summed E-state index contributed by atoms with van der Waals surface area (Å²) in [6, 6.07) is 6.75. The standard InChI is InChI=1S/C13H8F2N2OS2/c14-9-1-2-11(10(15)5-9)20-7-12(18)17-13-8(6-16)3-4-19-13/h1-5H,7H2,(H,17,18). The Bertz CT molecular complexity index is 679. The van der Waals surface area contributed by atoms with Gasteiger partial charge in [0.05, 0.1) is 11.3 Å². The summed E-state index contributed by atoms with van der Waals surface area (Å²) < 4.78 is 26.1. The van der Waals surface area contributed by atoms with Crippen molar-refractivity contribution in [2.45, 2.75) is 4.90 Å². The summed E-state index contributed by atoms with van der Waals surface area (Å²) in [5, 5.41) is 13.6. The quantitative estimate of drug-likeness (QED) is 0.877. The smallest absolute Gasteiger partial charge is 0.235 e. The van der Waals surface area contributed by atoms with E-state index in [1.165, 1.54) is 17.4 Å². The van der Waals surface area contributed by atoms with Crippen molar-refractivity contribution in [3.63, 3.8) is 0 Å². The van der Waals surface area contributed by atoms with Crippen molar-refractivity contribution < 1.29 is 13.6 Å². The zero-order valence-electron chi connectivity index (χ0n) is 10.0. The third kappa shape index (κ3) is 3.56. The van der Waals surface area contributed by atoms with Crippen LogP contribution in [0.25, 0.3) is 0 Å². The van der Waals surface area contributed by atoms with Crippen LogP contribution in [0, 0.1) is 23.0 Å². The molecule has 0 saturated carbocycles. The lowest BCUT2D eigenvalue weighted by molar-refractivity contribution is -0.113. The molecule has 0 aliphatic rings. The number of nitrogens with zero attached hydrogens (tertiary/aromatic N) is 1. The van der Waals surface area contributed by atoms with E-state index in [1.807, 2.05) is 6.07 Å². The number of thioether (sulfide) groups is 1. The summed E-state index contributed by atoms with van der Waals surface area (Å²) in [5.74, 6) is -1.73. The van der Waals surface area contributed by atoms with Gasteiger partial charge in [-0.15, -0.1) is 23.1 Å². The number of thiophene rings is 1. The summed E-state index contributed by atoms with van der Waals surface area (Å²) in [6.45, 7) is 0. The average Bonchev–Trinajstić information content (AvgIpc) is 2.85. The van der Waals surface area contributed by atoms with Crippen molar-refractivity contribution in [3.8, 4) is 6.07 Å². The van der Waals surface area contributed by atoms with Crippen LogP contribution in [0.1, 0.15) is 5.56 Å². The van der Waals surface area contributed by atoms with E-state index in [9.17, 15) is 13.6 Å². The minimum Gasteiger partial charge on any atom is -0.316 e. The van der Waals surface area contributed by atoms with E-state index >= 15 is 0 Å². The largest absolute Gasteiger partial charge is 0.316 e. The van der Waals surface area contributed by atoms with E-state index in [0.717, 1.165) is 23.9 Å². The van der Waals surface area contributed by atoms with Gasteiger partial charge in [0.25, 0.3) is 0 Å². The Balaban J connectivity index is 1.94. The van der Waals surface area contributed by atoms with Crippen LogP contribution in [0.5, 0.6) is 0 Å². The molecule has 2 rings (SSSR count). The predicted molar refractivity (Wildman–Crippen MR) is 74.7 cm³/mol. The molecule has 0 spiro atoms. The molecule has 0 atom stereocenters. The van der Waals surface area contributed by atoms with Crippen LogP contribution in [0.2, 0.25) is 0 Å². The third-order valence-electron chi connectivity index (χ3n) is 2.29. The fourth-order valence-corrected chi connectivity index (χ4v) is 2.87. The van der Waals surface area contributed by atoms with Gasteiger partial charge in [0.15, 0.2) is 0 Å². The second-order valence-electron chi connectivity index (χ2n) is 3.69. The van der Waals surface area contributed by atoms with Crippen molar-refractivity contribution in [2.24, 2.45) is 0 Å². The lowest BCUT2D eigenvalue weighted by Crippen LogP contribution is -2.13. The molecule has 1 N–H and O–H groups in total. The molecule has 2 aromatic rings.